The number of nitrogens with one attached hydrogen (secondary N) is 1. The summed E-state index contributed by atoms with van der Waals surface area (Å²) < 4.78 is 11.4. The Morgan fingerprint density at radius 2 is 2.14 bits per heavy atom. The standard InChI is InChI=1S/C17H18N2O3/c20-10-14-6-7-16(22-11-13-4-2-1-3-5-13)17(19-14)15-12-21-9-8-18-15/h1-7,10,15,18H,8-9,11-12H2. The molecule has 3 rings (SSSR count). The number of aldehydes is 1. The average molecular weight is 298 g/mol. The predicted octanol–water partition coefficient (Wildman–Crippen LogP) is 2.13. The molecule has 0 aliphatic carbocycles. The largest absolute Gasteiger partial charge is 0.487 e. The first-order chi connectivity index (χ1) is 10.9. The lowest BCUT2D eigenvalue weighted by Gasteiger charge is -2.25. The summed E-state index contributed by atoms with van der Waals surface area (Å²) in [5.74, 6) is 0.678. The number of carbonyl (C=O) groups is 1. The Kier molecular flexibility index (Phi) is 4.78. The molecule has 114 valence electrons. The van der Waals surface area contributed by atoms with Crippen LogP contribution in [-0.2, 0) is 11.3 Å². The molecule has 1 fully saturated rings. The highest BCUT2D eigenvalue weighted by molar-refractivity contribution is 5.72. The molecule has 0 saturated carbocycles. The lowest BCUT2D eigenvalue weighted by molar-refractivity contribution is 0.0742. The van der Waals surface area contributed by atoms with E-state index in [-0.39, 0.29) is 6.04 Å². The minimum atomic E-state index is -0.0561. The van der Waals surface area contributed by atoms with Crippen molar-refractivity contribution in [1.29, 1.82) is 0 Å². The van der Waals surface area contributed by atoms with Crippen LogP contribution in [0.2, 0.25) is 0 Å². The van der Waals surface area contributed by atoms with Gasteiger partial charge in [-0.15, -0.1) is 0 Å². The molecule has 1 aromatic heterocycles. The Hall–Kier alpha value is -2.24. The second-order valence-corrected chi connectivity index (χ2v) is 5.09. The molecule has 22 heavy (non-hydrogen) atoms. The quantitative estimate of drug-likeness (QED) is 0.857. The second kappa shape index (κ2) is 7.15. The van der Waals surface area contributed by atoms with E-state index >= 15 is 0 Å². The van der Waals surface area contributed by atoms with Gasteiger partial charge in [0.25, 0.3) is 0 Å². The number of hydrogen-bond acceptors (Lipinski definition) is 5. The number of pyridine rings is 1. The third kappa shape index (κ3) is 3.50. The molecule has 5 heteroatoms. The molecule has 1 unspecified atom stereocenters. The summed E-state index contributed by atoms with van der Waals surface area (Å²) in [7, 11) is 0. The molecule has 1 atom stereocenters. The van der Waals surface area contributed by atoms with E-state index in [2.05, 4.69) is 10.3 Å². The molecule has 1 aromatic carbocycles. The number of morpholine rings is 1. The maximum Gasteiger partial charge on any atom is 0.168 e. The zero-order valence-electron chi connectivity index (χ0n) is 12.2. The van der Waals surface area contributed by atoms with Crippen LogP contribution in [-0.4, -0.2) is 31.0 Å². The number of aromatic nitrogens is 1. The lowest BCUT2D eigenvalue weighted by atomic mass is 10.1. The molecule has 1 saturated heterocycles. The van der Waals surface area contributed by atoms with Crippen LogP contribution >= 0.6 is 0 Å². The van der Waals surface area contributed by atoms with Crippen LogP contribution in [0.1, 0.15) is 27.8 Å². The van der Waals surface area contributed by atoms with E-state index in [1.165, 1.54) is 0 Å². The van der Waals surface area contributed by atoms with Crippen molar-refractivity contribution in [3.05, 3.63) is 59.4 Å². The maximum absolute atomic E-state index is 11.0. The van der Waals surface area contributed by atoms with E-state index in [1.807, 2.05) is 30.3 Å². The molecule has 1 aliphatic heterocycles. The van der Waals surface area contributed by atoms with Crippen molar-refractivity contribution in [2.24, 2.45) is 0 Å². The van der Waals surface area contributed by atoms with Gasteiger partial charge in [0.1, 0.15) is 23.7 Å². The van der Waals surface area contributed by atoms with Crippen molar-refractivity contribution in [1.82, 2.24) is 10.3 Å². The summed E-state index contributed by atoms with van der Waals surface area (Å²) in [5.41, 5.74) is 2.20. The monoisotopic (exact) mass is 298 g/mol. The number of hydrogen-bond donors (Lipinski definition) is 1. The van der Waals surface area contributed by atoms with Crippen LogP contribution in [0, 0.1) is 0 Å². The minimum absolute atomic E-state index is 0.0561. The summed E-state index contributed by atoms with van der Waals surface area (Å²) in [6.45, 7) is 2.43. The highest BCUT2D eigenvalue weighted by Crippen LogP contribution is 2.26. The van der Waals surface area contributed by atoms with Gasteiger partial charge in [0, 0.05) is 6.54 Å². The fourth-order valence-corrected chi connectivity index (χ4v) is 2.39. The van der Waals surface area contributed by atoms with Crippen molar-refractivity contribution in [2.75, 3.05) is 19.8 Å². The van der Waals surface area contributed by atoms with Gasteiger partial charge in [-0.05, 0) is 17.7 Å². The second-order valence-electron chi connectivity index (χ2n) is 5.09. The first-order valence-electron chi connectivity index (χ1n) is 7.31. The van der Waals surface area contributed by atoms with Gasteiger partial charge >= 0.3 is 0 Å². The van der Waals surface area contributed by atoms with Crippen molar-refractivity contribution >= 4 is 6.29 Å². The van der Waals surface area contributed by atoms with Crippen molar-refractivity contribution in [3.8, 4) is 5.75 Å². The summed E-state index contributed by atoms with van der Waals surface area (Å²) >= 11 is 0. The molecule has 2 aromatic rings. The Bertz CT molecular complexity index is 625. The van der Waals surface area contributed by atoms with Crippen LogP contribution in [0.3, 0.4) is 0 Å². The van der Waals surface area contributed by atoms with Gasteiger partial charge in [0.2, 0.25) is 0 Å². The summed E-state index contributed by atoms with van der Waals surface area (Å²) in [6, 6.07) is 13.3. The zero-order chi connectivity index (χ0) is 15.2. The van der Waals surface area contributed by atoms with Gasteiger partial charge in [0.05, 0.1) is 19.3 Å². The topological polar surface area (TPSA) is 60.5 Å². The number of ether oxygens (including phenoxy) is 2. The van der Waals surface area contributed by atoms with E-state index in [4.69, 9.17) is 9.47 Å². The molecule has 1 aliphatic rings. The molecule has 0 spiro atoms. The fraction of sp³-hybridized carbons (Fsp3) is 0.294. The van der Waals surface area contributed by atoms with E-state index in [0.29, 0.717) is 31.3 Å². The molecular weight excluding hydrogens is 280 g/mol. The zero-order valence-corrected chi connectivity index (χ0v) is 12.2. The minimum Gasteiger partial charge on any atom is -0.487 e. The molecule has 0 amide bonds. The van der Waals surface area contributed by atoms with Crippen molar-refractivity contribution in [2.45, 2.75) is 12.6 Å². The Labute approximate surface area is 129 Å². The highest BCUT2D eigenvalue weighted by Gasteiger charge is 2.21. The highest BCUT2D eigenvalue weighted by atomic mass is 16.5. The molecule has 2 heterocycles. The van der Waals surface area contributed by atoms with E-state index < -0.39 is 0 Å². The summed E-state index contributed by atoms with van der Waals surface area (Å²) in [4.78, 5) is 15.4. The molecule has 0 bridgehead atoms. The van der Waals surface area contributed by atoms with Gasteiger partial charge in [-0.1, -0.05) is 30.3 Å². The maximum atomic E-state index is 11.0. The van der Waals surface area contributed by atoms with Crippen LogP contribution in [0.4, 0.5) is 0 Å². The van der Waals surface area contributed by atoms with Crippen LogP contribution < -0.4 is 10.1 Å². The van der Waals surface area contributed by atoms with Gasteiger partial charge in [-0.2, -0.15) is 0 Å². The van der Waals surface area contributed by atoms with Crippen LogP contribution in [0.5, 0.6) is 5.75 Å². The molecule has 0 radical (unpaired) electrons. The predicted molar refractivity (Wildman–Crippen MR) is 82.0 cm³/mol. The third-order valence-electron chi connectivity index (χ3n) is 3.52. The van der Waals surface area contributed by atoms with Crippen molar-refractivity contribution in [3.63, 3.8) is 0 Å². The van der Waals surface area contributed by atoms with Gasteiger partial charge < -0.3 is 14.8 Å². The normalized spacial score (nSPS) is 17.9. The van der Waals surface area contributed by atoms with Gasteiger partial charge in [-0.25, -0.2) is 4.98 Å². The Morgan fingerprint density at radius 1 is 1.27 bits per heavy atom. The molecule has 5 nitrogen and oxygen atoms in total. The number of rotatable bonds is 5. The fourth-order valence-electron chi connectivity index (χ4n) is 2.39. The number of nitrogens with zero attached hydrogens (tertiary/aromatic N) is 1. The van der Waals surface area contributed by atoms with Gasteiger partial charge in [-0.3, -0.25) is 4.79 Å². The van der Waals surface area contributed by atoms with Gasteiger partial charge in [0.15, 0.2) is 6.29 Å². The Morgan fingerprint density at radius 3 is 2.86 bits per heavy atom. The van der Waals surface area contributed by atoms with Crippen LogP contribution in [0.25, 0.3) is 0 Å². The summed E-state index contributed by atoms with van der Waals surface area (Å²) in [5, 5.41) is 3.34. The Balaban J connectivity index is 1.81. The number of benzene rings is 1. The first-order valence-corrected chi connectivity index (χ1v) is 7.31. The lowest BCUT2D eigenvalue weighted by Crippen LogP contribution is -2.35. The summed E-state index contributed by atoms with van der Waals surface area (Å²) in [6.07, 6.45) is 0.744. The average Bonchev–Trinajstić information content (AvgIpc) is 2.61. The van der Waals surface area contributed by atoms with E-state index in [0.717, 1.165) is 24.1 Å². The molecule has 1 N–H and O–H groups in total. The third-order valence-corrected chi connectivity index (χ3v) is 3.52. The first kappa shape index (κ1) is 14.7. The van der Waals surface area contributed by atoms with E-state index in [1.54, 1.807) is 12.1 Å². The van der Waals surface area contributed by atoms with Crippen molar-refractivity contribution < 1.29 is 14.3 Å². The molecular formula is C17H18N2O3. The van der Waals surface area contributed by atoms with E-state index in [9.17, 15) is 4.79 Å². The smallest absolute Gasteiger partial charge is 0.168 e. The number of carbonyl (C=O) groups excluding carboxylic acids is 1. The SMILES string of the molecule is O=Cc1ccc(OCc2ccccc2)c(C2COCCN2)n1. The van der Waals surface area contributed by atoms with Crippen LogP contribution in [0.15, 0.2) is 42.5 Å².